The lowest BCUT2D eigenvalue weighted by Crippen LogP contribution is -2.36. The van der Waals surface area contributed by atoms with Gasteiger partial charge in [0.2, 0.25) is 5.91 Å². The molecule has 1 fully saturated rings. The van der Waals surface area contributed by atoms with Gasteiger partial charge in [-0.3, -0.25) is 9.59 Å². The molecular weight excluding hydrogens is 204 g/mol. The highest BCUT2D eigenvalue weighted by atomic mass is 16.2. The molecule has 1 amide bonds. The Labute approximate surface area is 93.6 Å². The van der Waals surface area contributed by atoms with Crippen LogP contribution in [0.3, 0.4) is 0 Å². The fourth-order valence-corrected chi connectivity index (χ4v) is 1.95. The quantitative estimate of drug-likeness (QED) is 0.761. The Kier molecular flexibility index (Phi) is 2.64. The summed E-state index contributed by atoms with van der Waals surface area (Å²) >= 11 is 0. The van der Waals surface area contributed by atoms with Crippen LogP contribution in [0.1, 0.15) is 24.3 Å². The SMILES string of the molecule is C=C1CCC(c2cccn(C)c2=O)C(=O)N1. The molecule has 0 aliphatic carbocycles. The number of nitrogens with zero attached hydrogens (tertiary/aromatic N) is 1. The summed E-state index contributed by atoms with van der Waals surface area (Å²) in [6.45, 7) is 3.72. The molecule has 1 aliphatic rings. The molecule has 0 spiro atoms. The molecule has 1 aliphatic heterocycles. The number of aromatic nitrogens is 1. The Morgan fingerprint density at radius 2 is 2.25 bits per heavy atom. The Bertz CT molecular complexity index is 502. The number of pyridine rings is 1. The van der Waals surface area contributed by atoms with Gasteiger partial charge in [-0.1, -0.05) is 12.6 Å². The third-order valence-corrected chi connectivity index (χ3v) is 2.88. The summed E-state index contributed by atoms with van der Waals surface area (Å²) < 4.78 is 1.49. The molecule has 0 radical (unpaired) electrons. The lowest BCUT2D eigenvalue weighted by Gasteiger charge is -2.23. The minimum atomic E-state index is -0.342. The Balaban J connectivity index is 2.38. The van der Waals surface area contributed by atoms with Crippen molar-refractivity contribution in [2.75, 3.05) is 0 Å². The van der Waals surface area contributed by atoms with Gasteiger partial charge in [-0.2, -0.15) is 0 Å². The van der Waals surface area contributed by atoms with Gasteiger partial charge in [0.15, 0.2) is 0 Å². The maximum absolute atomic E-state index is 11.9. The molecule has 0 aromatic carbocycles. The molecule has 16 heavy (non-hydrogen) atoms. The summed E-state index contributed by atoms with van der Waals surface area (Å²) in [6.07, 6.45) is 3.07. The van der Waals surface area contributed by atoms with Crippen molar-refractivity contribution >= 4 is 5.91 Å². The molecule has 1 aromatic rings. The first-order valence-corrected chi connectivity index (χ1v) is 5.24. The van der Waals surface area contributed by atoms with Crippen molar-refractivity contribution in [2.24, 2.45) is 7.05 Å². The maximum atomic E-state index is 11.9. The minimum Gasteiger partial charge on any atom is -0.330 e. The van der Waals surface area contributed by atoms with Crippen LogP contribution < -0.4 is 10.9 Å². The first-order valence-electron chi connectivity index (χ1n) is 5.24. The molecule has 2 heterocycles. The van der Waals surface area contributed by atoms with Gasteiger partial charge in [-0.25, -0.2) is 0 Å². The van der Waals surface area contributed by atoms with E-state index in [1.807, 2.05) is 0 Å². The van der Waals surface area contributed by atoms with Crippen molar-refractivity contribution in [1.82, 2.24) is 9.88 Å². The van der Waals surface area contributed by atoms with Crippen molar-refractivity contribution in [1.29, 1.82) is 0 Å². The van der Waals surface area contributed by atoms with Crippen LogP contribution in [0.4, 0.5) is 0 Å². The van der Waals surface area contributed by atoms with E-state index >= 15 is 0 Å². The molecule has 4 heteroatoms. The molecule has 1 saturated heterocycles. The van der Waals surface area contributed by atoms with Crippen molar-refractivity contribution in [3.63, 3.8) is 0 Å². The number of amides is 1. The van der Waals surface area contributed by atoms with Crippen LogP contribution in [0.25, 0.3) is 0 Å². The van der Waals surface area contributed by atoms with Gasteiger partial charge in [-0.15, -0.1) is 0 Å². The first-order chi connectivity index (χ1) is 7.59. The number of piperidine rings is 1. The zero-order valence-electron chi connectivity index (χ0n) is 9.19. The third-order valence-electron chi connectivity index (χ3n) is 2.88. The Morgan fingerprint density at radius 3 is 2.94 bits per heavy atom. The van der Waals surface area contributed by atoms with Crippen LogP contribution in [-0.2, 0) is 11.8 Å². The summed E-state index contributed by atoms with van der Waals surface area (Å²) in [5, 5.41) is 2.69. The number of nitrogens with one attached hydrogen (secondary N) is 1. The van der Waals surface area contributed by atoms with Crippen LogP contribution in [0.2, 0.25) is 0 Å². The first kappa shape index (κ1) is 10.7. The van der Waals surface area contributed by atoms with Crippen molar-refractivity contribution in [3.05, 3.63) is 46.5 Å². The molecule has 84 valence electrons. The summed E-state index contributed by atoms with van der Waals surface area (Å²) in [4.78, 5) is 23.6. The van der Waals surface area contributed by atoms with E-state index in [-0.39, 0.29) is 17.4 Å². The van der Waals surface area contributed by atoms with Gasteiger partial charge in [0.1, 0.15) is 0 Å². The van der Waals surface area contributed by atoms with Crippen LogP contribution in [0, 0.1) is 0 Å². The molecule has 4 nitrogen and oxygen atoms in total. The highest BCUT2D eigenvalue weighted by Gasteiger charge is 2.27. The number of allylic oxidation sites excluding steroid dienone is 1. The number of carbonyl (C=O) groups excluding carboxylic acids is 1. The molecule has 0 bridgehead atoms. The number of hydrogen-bond donors (Lipinski definition) is 1. The number of rotatable bonds is 1. The van der Waals surface area contributed by atoms with E-state index in [4.69, 9.17) is 0 Å². The maximum Gasteiger partial charge on any atom is 0.254 e. The highest BCUT2D eigenvalue weighted by molar-refractivity contribution is 5.85. The monoisotopic (exact) mass is 218 g/mol. The summed E-state index contributed by atoms with van der Waals surface area (Å²) in [7, 11) is 1.69. The molecule has 0 saturated carbocycles. The lowest BCUT2D eigenvalue weighted by molar-refractivity contribution is -0.122. The molecule has 2 rings (SSSR count). The molecule has 1 N–H and O–H groups in total. The van der Waals surface area contributed by atoms with E-state index < -0.39 is 0 Å². The van der Waals surface area contributed by atoms with E-state index in [0.717, 1.165) is 12.1 Å². The van der Waals surface area contributed by atoms with E-state index in [0.29, 0.717) is 12.0 Å². The second kappa shape index (κ2) is 3.96. The third kappa shape index (κ3) is 1.78. The van der Waals surface area contributed by atoms with E-state index in [2.05, 4.69) is 11.9 Å². The average molecular weight is 218 g/mol. The van der Waals surface area contributed by atoms with Crippen LogP contribution >= 0.6 is 0 Å². The summed E-state index contributed by atoms with van der Waals surface area (Å²) in [6, 6.07) is 3.51. The van der Waals surface area contributed by atoms with Crippen LogP contribution in [0.5, 0.6) is 0 Å². The van der Waals surface area contributed by atoms with Crippen molar-refractivity contribution in [2.45, 2.75) is 18.8 Å². The standard InChI is InChI=1S/C12H14N2O2/c1-8-5-6-9(11(15)13-8)10-4-3-7-14(2)12(10)16/h3-4,7,9H,1,5-6H2,2H3,(H,13,15). The van der Waals surface area contributed by atoms with Crippen LogP contribution in [0.15, 0.2) is 35.4 Å². The number of aryl methyl sites for hydroxylation is 1. The predicted octanol–water partition coefficient (Wildman–Crippen LogP) is 0.893. The second-order valence-electron chi connectivity index (χ2n) is 4.06. The number of hydrogen-bond acceptors (Lipinski definition) is 2. The van der Waals surface area contributed by atoms with Gasteiger partial charge in [-0.05, 0) is 18.9 Å². The second-order valence-corrected chi connectivity index (χ2v) is 4.06. The van der Waals surface area contributed by atoms with Gasteiger partial charge < -0.3 is 9.88 Å². The summed E-state index contributed by atoms with van der Waals surface area (Å²) in [5.74, 6) is -0.468. The minimum absolute atomic E-state index is 0.102. The average Bonchev–Trinajstić information content (AvgIpc) is 2.23. The van der Waals surface area contributed by atoms with Gasteiger partial charge >= 0.3 is 0 Å². The summed E-state index contributed by atoms with van der Waals surface area (Å²) in [5.41, 5.74) is 1.19. The van der Waals surface area contributed by atoms with Gasteiger partial charge in [0.05, 0.1) is 5.92 Å². The Morgan fingerprint density at radius 1 is 1.50 bits per heavy atom. The highest BCUT2D eigenvalue weighted by Crippen LogP contribution is 2.24. The normalized spacial score (nSPS) is 20.7. The van der Waals surface area contributed by atoms with Gasteiger partial charge in [0.25, 0.3) is 5.56 Å². The van der Waals surface area contributed by atoms with Crippen molar-refractivity contribution in [3.8, 4) is 0 Å². The fraction of sp³-hybridized carbons (Fsp3) is 0.333. The molecule has 1 aromatic heterocycles. The largest absolute Gasteiger partial charge is 0.330 e. The zero-order chi connectivity index (χ0) is 11.7. The van der Waals surface area contributed by atoms with E-state index in [9.17, 15) is 9.59 Å². The van der Waals surface area contributed by atoms with Crippen LogP contribution in [-0.4, -0.2) is 10.5 Å². The van der Waals surface area contributed by atoms with Crippen molar-refractivity contribution < 1.29 is 4.79 Å². The predicted molar refractivity (Wildman–Crippen MR) is 60.9 cm³/mol. The smallest absolute Gasteiger partial charge is 0.254 e. The topological polar surface area (TPSA) is 51.1 Å². The fourth-order valence-electron chi connectivity index (χ4n) is 1.95. The molecule has 1 unspecified atom stereocenters. The zero-order valence-corrected chi connectivity index (χ0v) is 9.19. The molecule has 1 atom stereocenters. The van der Waals surface area contributed by atoms with E-state index in [1.54, 1.807) is 25.4 Å². The van der Waals surface area contributed by atoms with Gasteiger partial charge in [0, 0.05) is 24.5 Å². The number of carbonyl (C=O) groups is 1. The molecular formula is C12H14N2O2. The Hall–Kier alpha value is -1.84. The lowest BCUT2D eigenvalue weighted by atomic mass is 9.91. The van der Waals surface area contributed by atoms with E-state index in [1.165, 1.54) is 4.57 Å².